The van der Waals surface area contributed by atoms with E-state index in [4.69, 9.17) is 0 Å². The van der Waals surface area contributed by atoms with Gasteiger partial charge in [-0.25, -0.2) is 0 Å². The molecule has 0 bridgehead atoms. The number of hydrogen-bond acceptors (Lipinski definition) is 4. The average molecular weight is 376 g/mol. The Morgan fingerprint density at radius 2 is 1.75 bits per heavy atom. The SMILES string of the molecule is Cc1cc(N2CCN(C)CC2)ccc1NCc1ccccc1-c1ccnn1C. The molecule has 0 amide bonds. The standard InChI is InChI=1S/C23H29N5/c1-18-16-20(28-14-12-26(2)13-15-28)8-9-22(18)24-17-19-6-4-5-7-21(19)23-10-11-25-27(23)3/h4-11,16,24H,12-15,17H2,1-3H3. The van der Waals surface area contributed by atoms with Gasteiger partial charge in [-0.3, -0.25) is 4.68 Å². The Morgan fingerprint density at radius 3 is 2.46 bits per heavy atom. The molecule has 2 aromatic carbocycles. The topological polar surface area (TPSA) is 36.3 Å². The van der Waals surface area contributed by atoms with Crippen LogP contribution >= 0.6 is 0 Å². The van der Waals surface area contributed by atoms with E-state index in [1.165, 1.54) is 28.1 Å². The molecule has 1 fully saturated rings. The highest BCUT2D eigenvalue weighted by molar-refractivity contribution is 5.65. The summed E-state index contributed by atoms with van der Waals surface area (Å²) in [7, 11) is 4.18. The molecular weight excluding hydrogens is 346 g/mol. The van der Waals surface area contributed by atoms with Crippen LogP contribution in [0.5, 0.6) is 0 Å². The molecule has 0 aliphatic carbocycles. The number of aryl methyl sites for hydroxylation is 2. The quantitative estimate of drug-likeness (QED) is 0.737. The van der Waals surface area contributed by atoms with E-state index in [1.807, 2.05) is 17.9 Å². The van der Waals surface area contributed by atoms with Crippen LogP contribution in [0, 0.1) is 6.92 Å². The monoisotopic (exact) mass is 375 g/mol. The van der Waals surface area contributed by atoms with Crippen molar-refractivity contribution in [1.82, 2.24) is 14.7 Å². The number of likely N-dealkylation sites (N-methyl/N-ethyl adjacent to an activating group) is 1. The number of piperazine rings is 1. The molecule has 3 aromatic rings. The molecule has 4 rings (SSSR count). The number of nitrogens with zero attached hydrogens (tertiary/aromatic N) is 4. The van der Waals surface area contributed by atoms with Gasteiger partial charge in [-0.1, -0.05) is 24.3 Å². The number of anilines is 2. The van der Waals surface area contributed by atoms with Crippen molar-refractivity contribution in [2.24, 2.45) is 7.05 Å². The van der Waals surface area contributed by atoms with Crippen molar-refractivity contribution < 1.29 is 0 Å². The summed E-state index contributed by atoms with van der Waals surface area (Å²) < 4.78 is 1.93. The van der Waals surface area contributed by atoms with Crippen LogP contribution in [0.1, 0.15) is 11.1 Å². The van der Waals surface area contributed by atoms with Crippen LogP contribution in [0.15, 0.2) is 54.7 Å². The zero-order valence-corrected chi connectivity index (χ0v) is 17.0. The van der Waals surface area contributed by atoms with Crippen LogP contribution in [0.3, 0.4) is 0 Å². The van der Waals surface area contributed by atoms with E-state index in [2.05, 4.69) is 82.7 Å². The minimum absolute atomic E-state index is 0.788. The van der Waals surface area contributed by atoms with Crippen LogP contribution in [0.4, 0.5) is 11.4 Å². The first-order valence-corrected chi connectivity index (χ1v) is 9.96. The van der Waals surface area contributed by atoms with E-state index in [0.717, 1.165) is 38.4 Å². The van der Waals surface area contributed by atoms with Crippen molar-refractivity contribution in [3.05, 3.63) is 65.9 Å². The molecule has 0 unspecified atom stereocenters. The van der Waals surface area contributed by atoms with E-state index in [1.54, 1.807) is 0 Å². The Bertz CT molecular complexity index is 938. The summed E-state index contributed by atoms with van der Waals surface area (Å²) in [6.07, 6.45) is 1.85. The van der Waals surface area contributed by atoms with Gasteiger partial charge in [-0.15, -0.1) is 0 Å². The summed E-state index contributed by atoms with van der Waals surface area (Å²) in [5.74, 6) is 0. The summed E-state index contributed by atoms with van der Waals surface area (Å²) in [6.45, 7) is 7.43. The van der Waals surface area contributed by atoms with Crippen LogP contribution in [-0.4, -0.2) is 47.9 Å². The van der Waals surface area contributed by atoms with E-state index in [-0.39, 0.29) is 0 Å². The average Bonchev–Trinajstić information content (AvgIpc) is 3.13. The van der Waals surface area contributed by atoms with Gasteiger partial charge in [-0.05, 0) is 49.4 Å². The lowest BCUT2D eigenvalue weighted by Crippen LogP contribution is -2.44. The molecule has 1 aliphatic heterocycles. The highest BCUT2D eigenvalue weighted by atomic mass is 15.3. The molecular formula is C23H29N5. The van der Waals surface area contributed by atoms with Gasteiger partial charge < -0.3 is 15.1 Å². The molecule has 0 spiro atoms. The predicted octanol–water partition coefficient (Wildman–Crippen LogP) is 3.76. The number of hydrogen-bond donors (Lipinski definition) is 1. The van der Waals surface area contributed by atoms with E-state index in [9.17, 15) is 0 Å². The first kappa shape index (κ1) is 18.6. The lowest BCUT2D eigenvalue weighted by molar-refractivity contribution is 0.313. The van der Waals surface area contributed by atoms with Crippen molar-refractivity contribution in [3.8, 4) is 11.3 Å². The Morgan fingerprint density at radius 1 is 0.964 bits per heavy atom. The molecule has 0 saturated carbocycles. The molecule has 2 heterocycles. The number of rotatable bonds is 5. The fourth-order valence-corrected chi connectivity index (χ4v) is 3.86. The van der Waals surface area contributed by atoms with Gasteiger partial charge in [0.25, 0.3) is 0 Å². The zero-order chi connectivity index (χ0) is 19.5. The van der Waals surface area contributed by atoms with Crippen LogP contribution in [0.25, 0.3) is 11.3 Å². The molecule has 5 nitrogen and oxygen atoms in total. The lowest BCUT2D eigenvalue weighted by atomic mass is 10.0. The Kier molecular flexibility index (Phi) is 5.35. The Hall–Kier alpha value is -2.79. The molecule has 1 N–H and O–H groups in total. The fourth-order valence-electron chi connectivity index (χ4n) is 3.86. The largest absolute Gasteiger partial charge is 0.381 e. The van der Waals surface area contributed by atoms with Crippen molar-refractivity contribution in [2.45, 2.75) is 13.5 Å². The van der Waals surface area contributed by atoms with Crippen molar-refractivity contribution in [2.75, 3.05) is 43.4 Å². The summed E-state index contributed by atoms with van der Waals surface area (Å²) in [4.78, 5) is 4.87. The molecule has 28 heavy (non-hydrogen) atoms. The molecule has 1 aliphatic rings. The second-order valence-electron chi connectivity index (χ2n) is 7.64. The van der Waals surface area contributed by atoms with E-state index in [0.29, 0.717) is 0 Å². The van der Waals surface area contributed by atoms with Gasteiger partial charge in [0.15, 0.2) is 0 Å². The van der Waals surface area contributed by atoms with Gasteiger partial charge in [0.05, 0.1) is 5.69 Å². The minimum atomic E-state index is 0.788. The zero-order valence-electron chi connectivity index (χ0n) is 17.0. The van der Waals surface area contributed by atoms with Crippen LogP contribution in [0.2, 0.25) is 0 Å². The second kappa shape index (κ2) is 8.07. The molecule has 0 atom stereocenters. The fraction of sp³-hybridized carbons (Fsp3) is 0.348. The Labute approximate surface area is 167 Å². The predicted molar refractivity (Wildman–Crippen MR) is 117 cm³/mol. The van der Waals surface area contributed by atoms with Gasteiger partial charge in [0, 0.05) is 62.9 Å². The minimum Gasteiger partial charge on any atom is -0.381 e. The summed E-state index contributed by atoms with van der Waals surface area (Å²) >= 11 is 0. The van der Waals surface area contributed by atoms with Crippen molar-refractivity contribution in [1.29, 1.82) is 0 Å². The number of nitrogens with one attached hydrogen (secondary N) is 1. The van der Waals surface area contributed by atoms with Crippen molar-refractivity contribution >= 4 is 11.4 Å². The molecule has 1 saturated heterocycles. The molecule has 0 radical (unpaired) electrons. The highest BCUT2D eigenvalue weighted by Crippen LogP contribution is 2.26. The van der Waals surface area contributed by atoms with Gasteiger partial charge >= 0.3 is 0 Å². The van der Waals surface area contributed by atoms with Crippen LogP contribution < -0.4 is 10.2 Å². The van der Waals surface area contributed by atoms with Gasteiger partial charge in [0.1, 0.15) is 0 Å². The lowest BCUT2D eigenvalue weighted by Gasteiger charge is -2.34. The van der Waals surface area contributed by atoms with Crippen LogP contribution in [-0.2, 0) is 13.6 Å². The number of aromatic nitrogens is 2. The van der Waals surface area contributed by atoms with E-state index >= 15 is 0 Å². The molecule has 5 heteroatoms. The molecule has 1 aromatic heterocycles. The first-order chi connectivity index (χ1) is 13.6. The third-order valence-corrected chi connectivity index (χ3v) is 5.66. The first-order valence-electron chi connectivity index (χ1n) is 9.96. The maximum atomic E-state index is 4.31. The maximum Gasteiger partial charge on any atom is 0.0682 e. The normalized spacial score (nSPS) is 15.0. The third-order valence-electron chi connectivity index (χ3n) is 5.66. The molecule has 146 valence electrons. The third kappa shape index (κ3) is 3.90. The summed E-state index contributed by atoms with van der Waals surface area (Å²) in [6, 6.07) is 17.4. The maximum absolute atomic E-state index is 4.31. The smallest absolute Gasteiger partial charge is 0.0682 e. The van der Waals surface area contributed by atoms with Gasteiger partial charge in [0.2, 0.25) is 0 Å². The summed E-state index contributed by atoms with van der Waals surface area (Å²) in [5, 5.41) is 7.95. The van der Waals surface area contributed by atoms with Gasteiger partial charge in [-0.2, -0.15) is 5.10 Å². The summed E-state index contributed by atoms with van der Waals surface area (Å²) in [5.41, 5.74) is 7.44. The highest BCUT2D eigenvalue weighted by Gasteiger charge is 2.15. The second-order valence-corrected chi connectivity index (χ2v) is 7.64. The Balaban J connectivity index is 1.48. The van der Waals surface area contributed by atoms with E-state index < -0.39 is 0 Å². The van der Waals surface area contributed by atoms with Crippen molar-refractivity contribution in [3.63, 3.8) is 0 Å². The number of benzene rings is 2.